The molecule has 4 heterocycles. The highest BCUT2D eigenvalue weighted by molar-refractivity contribution is 7.09. The summed E-state index contributed by atoms with van der Waals surface area (Å²) in [6.07, 6.45) is 5.02. The van der Waals surface area contributed by atoms with Gasteiger partial charge in [-0.1, -0.05) is 30.3 Å². The van der Waals surface area contributed by atoms with Gasteiger partial charge in [0.05, 0.1) is 28.8 Å². The van der Waals surface area contributed by atoms with Crippen LogP contribution in [0, 0.1) is 12.3 Å². The number of benzene rings is 1. The summed E-state index contributed by atoms with van der Waals surface area (Å²) in [6, 6.07) is 12.6. The van der Waals surface area contributed by atoms with Gasteiger partial charge < -0.3 is 10.6 Å². The van der Waals surface area contributed by atoms with E-state index in [1.807, 2.05) is 22.3 Å². The Morgan fingerprint density at radius 2 is 1.93 bits per heavy atom. The van der Waals surface area contributed by atoms with E-state index in [0.717, 1.165) is 60.6 Å². The highest BCUT2D eigenvalue weighted by Gasteiger charge is 2.47. The molecule has 0 bridgehead atoms. The van der Waals surface area contributed by atoms with E-state index in [1.165, 1.54) is 10.6 Å². The number of anilines is 1. The maximum absolute atomic E-state index is 6.69. The zero-order valence-corrected chi connectivity index (χ0v) is 17.8. The Balaban J connectivity index is 1.33. The average molecular weight is 417 g/mol. The van der Waals surface area contributed by atoms with Crippen molar-refractivity contribution in [1.82, 2.24) is 19.6 Å². The van der Waals surface area contributed by atoms with Gasteiger partial charge >= 0.3 is 0 Å². The molecule has 152 valence electrons. The van der Waals surface area contributed by atoms with Crippen molar-refractivity contribution in [2.75, 3.05) is 18.0 Å². The number of aryl methyl sites for hydroxylation is 1. The van der Waals surface area contributed by atoms with Gasteiger partial charge in [0.15, 0.2) is 5.82 Å². The van der Waals surface area contributed by atoms with Gasteiger partial charge in [0.2, 0.25) is 0 Å². The molecule has 1 spiro atoms. The van der Waals surface area contributed by atoms with Crippen LogP contribution in [0.5, 0.6) is 0 Å². The summed E-state index contributed by atoms with van der Waals surface area (Å²) in [7, 11) is 0. The van der Waals surface area contributed by atoms with E-state index >= 15 is 0 Å². The van der Waals surface area contributed by atoms with E-state index in [9.17, 15) is 0 Å². The minimum atomic E-state index is 0.118. The zero-order chi connectivity index (χ0) is 20.3. The summed E-state index contributed by atoms with van der Waals surface area (Å²) in [4.78, 5) is 13.3. The number of rotatable bonds is 2. The molecule has 1 aliphatic heterocycles. The third-order valence-corrected chi connectivity index (χ3v) is 7.89. The smallest absolute Gasteiger partial charge is 0.155 e. The van der Waals surface area contributed by atoms with Crippen molar-refractivity contribution < 1.29 is 0 Å². The molecule has 3 aromatic heterocycles. The molecular weight excluding hydrogens is 392 g/mol. The predicted molar refractivity (Wildman–Crippen MR) is 120 cm³/mol. The van der Waals surface area contributed by atoms with Crippen LogP contribution < -0.4 is 10.6 Å². The SMILES string of the molecule is Cc1nc(N2CCC3(CC2)Cc2ncsc2[C@H]3N)c2ccnn2c1-c1ccccc1. The number of piperidine rings is 1. The fraction of sp³-hybridized carbons (Fsp3) is 0.348. The van der Waals surface area contributed by atoms with Gasteiger partial charge in [-0.15, -0.1) is 11.3 Å². The van der Waals surface area contributed by atoms with Crippen molar-refractivity contribution in [3.05, 3.63) is 64.4 Å². The second kappa shape index (κ2) is 6.62. The molecule has 6 nitrogen and oxygen atoms in total. The van der Waals surface area contributed by atoms with E-state index in [0.29, 0.717) is 0 Å². The Labute approximate surface area is 179 Å². The first-order valence-corrected chi connectivity index (χ1v) is 11.4. The molecule has 1 aliphatic carbocycles. The quantitative estimate of drug-likeness (QED) is 0.535. The van der Waals surface area contributed by atoms with Crippen molar-refractivity contribution in [3.8, 4) is 11.3 Å². The summed E-state index contributed by atoms with van der Waals surface area (Å²) in [5.41, 5.74) is 14.3. The van der Waals surface area contributed by atoms with E-state index in [4.69, 9.17) is 10.7 Å². The Hall–Kier alpha value is -2.77. The van der Waals surface area contributed by atoms with Gasteiger partial charge in [-0.25, -0.2) is 14.5 Å². The van der Waals surface area contributed by atoms with Crippen LogP contribution in [-0.4, -0.2) is 32.7 Å². The van der Waals surface area contributed by atoms with Gasteiger partial charge in [-0.2, -0.15) is 5.10 Å². The topological polar surface area (TPSA) is 72.3 Å². The Bertz CT molecular complexity index is 1220. The molecule has 1 atom stereocenters. The maximum Gasteiger partial charge on any atom is 0.155 e. The molecule has 2 aliphatic rings. The molecular formula is C23H24N6S. The second-order valence-electron chi connectivity index (χ2n) is 8.53. The van der Waals surface area contributed by atoms with Crippen molar-refractivity contribution in [3.63, 3.8) is 0 Å². The molecule has 6 rings (SSSR count). The summed E-state index contributed by atoms with van der Waals surface area (Å²) in [5.74, 6) is 1.03. The molecule has 2 N–H and O–H groups in total. The number of nitrogens with two attached hydrogens (primary N) is 1. The van der Waals surface area contributed by atoms with Crippen molar-refractivity contribution in [2.45, 2.75) is 32.2 Å². The van der Waals surface area contributed by atoms with Crippen molar-refractivity contribution in [1.29, 1.82) is 0 Å². The number of thiazole rings is 1. The molecule has 30 heavy (non-hydrogen) atoms. The number of nitrogens with zero attached hydrogens (tertiary/aromatic N) is 5. The molecule has 0 unspecified atom stereocenters. The maximum atomic E-state index is 6.69. The third kappa shape index (κ3) is 2.55. The normalized spacial score (nSPS) is 20.2. The van der Waals surface area contributed by atoms with Gasteiger partial charge in [0.1, 0.15) is 5.52 Å². The number of hydrogen-bond donors (Lipinski definition) is 1. The Kier molecular flexibility index (Phi) is 3.98. The largest absolute Gasteiger partial charge is 0.355 e. The Morgan fingerprint density at radius 3 is 2.70 bits per heavy atom. The third-order valence-electron chi connectivity index (χ3n) is 6.94. The van der Waals surface area contributed by atoms with Crippen LogP contribution in [0.2, 0.25) is 0 Å². The number of aromatic nitrogens is 4. The summed E-state index contributed by atoms with van der Waals surface area (Å²) in [5, 5.41) is 4.64. The summed E-state index contributed by atoms with van der Waals surface area (Å²) >= 11 is 1.72. The monoisotopic (exact) mass is 416 g/mol. The van der Waals surface area contributed by atoms with Crippen molar-refractivity contribution >= 4 is 22.7 Å². The fourth-order valence-electron chi connectivity index (χ4n) is 5.27. The van der Waals surface area contributed by atoms with Crippen LogP contribution in [0.1, 0.15) is 35.1 Å². The minimum absolute atomic E-state index is 0.118. The zero-order valence-electron chi connectivity index (χ0n) is 17.0. The van der Waals surface area contributed by atoms with Crippen LogP contribution in [0.15, 0.2) is 48.1 Å². The first-order valence-electron chi connectivity index (χ1n) is 10.5. The van der Waals surface area contributed by atoms with Gasteiger partial charge in [-0.05, 0) is 37.7 Å². The second-order valence-corrected chi connectivity index (χ2v) is 9.42. The molecule has 1 fully saturated rings. The highest BCUT2D eigenvalue weighted by atomic mass is 32.1. The van der Waals surface area contributed by atoms with Crippen LogP contribution in [0.4, 0.5) is 5.82 Å². The van der Waals surface area contributed by atoms with E-state index in [-0.39, 0.29) is 11.5 Å². The van der Waals surface area contributed by atoms with Gasteiger partial charge in [0.25, 0.3) is 0 Å². The lowest BCUT2D eigenvalue weighted by Crippen LogP contribution is -2.44. The van der Waals surface area contributed by atoms with Crippen molar-refractivity contribution in [2.24, 2.45) is 11.1 Å². The van der Waals surface area contributed by atoms with Crippen LogP contribution in [-0.2, 0) is 6.42 Å². The fourth-order valence-corrected chi connectivity index (χ4v) is 6.22. The first-order chi connectivity index (χ1) is 14.7. The van der Waals surface area contributed by atoms with E-state index in [1.54, 1.807) is 11.3 Å². The highest BCUT2D eigenvalue weighted by Crippen LogP contribution is 2.52. The minimum Gasteiger partial charge on any atom is -0.355 e. The summed E-state index contributed by atoms with van der Waals surface area (Å²) < 4.78 is 2.04. The lowest BCUT2D eigenvalue weighted by Gasteiger charge is -2.42. The lowest BCUT2D eigenvalue weighted by molar-refractivity contribution is 0.187. The van der Waals surface area contributed by atoms with Gasteiger partial charge in [0, 0.05) is 29.6 Å². The summed E-state index contributed by atoms with van der Waals surface area (Å²) in [6.45, 7) is 4.00. The number of fused-ring (bicyclic) bond motifs is 2. The molecule has 0 radical (unpaired) electrons. The molecule has 7 heteroatoms. The van der Waals surface area contributed by atoms with Gasteiger partial charge in [-0.3, -0.25) is 0 Å². The van der Waals surface area contributed by atoms with E-state index < -0.39 is 0 Å². The van der Waals surface area contributed by atoms with Crippen LogP contribution in [0.3, 0.4) is 0 Å². The van der Waals surface area contributed by atoms with E-state index in [2.05, 4.69) is 52.2 Å². The number of hydrogen-bond acceptors (Lipinski definition) is 6. The van der Waals surface area contributed by atoms with Crippen LogP contribution in [0.25, 0.3) is 16.8 Å². The lowest BCUT2D eigenvalue weighted by atomic mass is 9.74. The molecule has 4 aromatic rings. The predicted octanol–water partition coefficient (Wildman–Crippen LogP) is 4.00. The molecule has 0 amide bonds. The van der Waals surface area contributed by atoms with Crippen LogP contribution >= 0.6 is 11.3 Å². The molecule has 1 aromatic carbocycles. The Morgan fingerprint density at radius 1 is 1.13 bits per heavy atom. The average Bonchev–Trinajstić information content (AvgIpc) is 3.48. The first kappa shape index (κ1) is 18.0. The molecule has 1 saturated heterocycles. The molecule has 0 saturated carbocycles. The standard InChI is InChI=1S/C23H24N6S/c1-15-19(16-5-3-2-4-6-16)29-18(7-10-26-29)22(27-15)28-11-8-23(9-12-28)13-17-20(21(23)24)30-14-25-17/h2-7,10,14,21H,8-9,11-13,24H2,1H3/t21-/m1/s1.